The van der Waals surface area contributed by atoms with Crippen molar-refractivity contribution in [3.63, 3.8) is 0 Å². The number of carboxylic acid groups (broad SMARTS) is 1. The summed E-state index contributed by atoms with van der Waals surface area (Å²) >= 11 is 0. The van der Waals surface area contributed by atoms with Gasteiger partial charge in [-0.2, -0.15) is 0 Å². The zero-order valence-corrected chi connectivity index (χ0v) is 18.2. The zero-order valence-electron chi connectivity index (χ0n) is 17.3. The van der Waals surface area contributed by atoms with E-state index in [4.69, 9.17) is 0 Å². The molecular formula is C21H22N4O6S. The number of aromatic nitrogens is 1. The van der Waals surface area contributed by atoms with Crippen molar-refractivity contribution in [1.29, 1.82) is 0 Å². The maximum atomic E-state index is 12.9. The fourth-order valence-corrected chi connectivity index (χ4v) is 5.84. The number of carbonyl (C=O) groups is 3. The first-order valence-electron chi connectivity index (χ1n) is 9.99. The van der Waals surface area contributed by atoms with E-state index in [2.05, 4.69) is 9.88 Å². The van der Waals surface area contributed by atoms with Crippen LogP contribution < -0.4 is 0 Å². The van der Waals surface area contributed by atoms with Crippen LogP contribution in [0.5, 0.6) is 0 Å². The van der Waals surface area contributed by atoms with Crippen molar-refractivity contribution < 1.29 is 27.9 Å². The molecule has 1 atom stereocenters. The number of aliphatic carboxylic acids is 1. The second-order valence-corrected chi connectivity index (χ2v) is 9.89. The van der Waals surface area contributed by atoms with E-state index < -0.39 is 38.5 Å². The maximum Gasteiger partial charge on any atom is 0.352 e. The van der Waals surface area contributed by atoms with Crippen LogP contribution in [0.4, 0.5) is 0 Å². The molecule has 3 aliphatic rings. The molecule has 2 fully saturated rings. The molecular weight excluding hydrogens is 436 g/mol. The van der Waals surface area contributed by atoms with Gasteiger partial charge in [0, 0.05) is 38.5 Å². The SMILES string of the molecule is CN1CCN(C(=O)/C=C/C2=C(C(=O)O)N3C(=O)/C(=C\c4ccccn4)[C@H]3S(=O)(=O)C2)CC1. The maximum absolute atomic E-state index is 12.9. The number of carboxylic acids is 1. The van der Waals surface area contributed by atoms with Crippen LogP contribution in [0.15, 0.2) is 53.4 Å². The number of fused-ring (bicyclic) bond motifs is 1. The molecule has 1 N–H and O–H groups in total. The van der Waals surface area contributed by atoms with Crippen LogP contribution in [-0.2, 0) is 24.2 Å². The third-order valence-corrected chi connectivity index (χ3v) is 7.50. The van der Waals surface area contributed by atoms with Gasteiger partial charge in [-0.15, -0.1) is 0 Å². The van der Waals surface area contributed by atoms with Gasteiger partial charge in [-0.3, -0.25) is 19.5 Å². The second kappa shape index (κ2) is 8.32. The summed E-state index contributed by atoms with van der Waals surface area (Å²) < 4.78 is 25.9. The van der Waals surface area contributed by atoms with Gasteiger partial charge in [0.2, 0.25) is 5.91 Å². The van der Waals surface area contributed by atoms with E-state index in [1.807, 2.05) is 7.05 Å². The summed E-state index contributed by atoms with van der Waals surface area (Å²) in [5.74, 6) is -3.06. The summed E-state index contributed by atoms with van der Waals surface area (Å²) in [7, 11) is -1.97. The fraction of sp³-hybridized carbons (Fsp3) is 0.333. The lowest BCUT2D eigenvalue weighted by Gasteiger charge is -2.45. The van der Waals surface area contributed by atoms with E-state index >= 15 is 0 Å². The number of allylic oxidation sites excluding steroid dienone is 1. The van der Waals surface area contributed by atoms with E-state index in [1.54, 1.807) is 23.1 Å². The molecule has 11 heteroatoms. The molecule has 0 aromatic carbocycles. The van der Waals surface area contributed by atoms with Gasteiger partial charge in [0.05, 0.1) is 17.0 Å². The molecule has 2 amide bonds. The Labute approximate surface area is 185 Å². The molecule has 0 saturated carbocycles. The Morgan fingerprint density at radius 2 is 1.91 bits per heavy atom. The lowest BCUT2D eigenvalue weighted by atomic mass is 10.0. The highest BCUT2D eigenvalue weighted by Crippen LogP contribution is 2.41. The average Bonchev–Trinajstić information content (AvgIpc) is 2.76. The van der Waals surface area contributed by atoms with Crippen molar-refractivity contribution in [2.24, 2.45) is 0 Å². The first kappa shape index (κ1) is 21.9. The summed E-state index contributed by atoms with van der Waals surface area (Å²) in [5, 5.41) is 8.34. The van der Waals surface area contributed by atoms with Crippen LogP contribution in [-0.4, -0.2) is 95.3 Å². The summed E-state index contributed by atoms with van der Waals surface area (Å²) in [6, 6.07) is 4.99. The summed E-state index contributed by atoms with van der Waals surface area (Å²) in [5.41, 5.74) is -0.147. The van der Waals surface area contributed by atoms with Crippen molar-refractivity contribution in [2.75, 3.05) is 39.0 Å². The number of amides is 2. The standard InChI is InChI=1S/C21H22N4O6S/c1-23-8-10-24(11-9-23)17(26)6-5-14-13-32(30,31)20-16(12-15-4-2-3-7-22-15)19(27)25(20)18(14)21(28)29/h2-7,12,20H,8-11,13H2,1H3,(H,28,29)/b6-5+,16-12+/t20-/m1/s1. The number of likely N-dealkylation sites (N-methyl/N-ethyl adjacent to an activating group) is 1. The van der Waals surface area contributed by atoms with E-state index in [1.165, 1.54) is 24.4 Å². The Hall–Kier alpha value is -3.31. The van der Waals surface area contributed by atoms with Gasteiger partial charge in [0.1, 0.15) is 5.70 Å². The predicted octanol–water partition coefficient (Wildman–Crippen LogP) is -0.269. The first-order chi connectivity index (χ1) is 15.2. The molecule has 0 aliphatic carbocycles. The van der Waals surface area contributed by atoms with Gasteiger partial charge in [0.25, 0.3) is 5.91 Å². The zero-order chi connectivity index (χ0) is 23.0. The minimum atomic E-state index is -3.92. The van der Waals surface area contributed by atoms with Gasteiger partial charge in [-0.25, -0.2) is 13.2 Å². The molecule has 2 saturated heterocycles. The largest absolute Gasteiger partial charge is 0.477 e. The highest BCUT2D eigenvalue weighted by atomic mass is 32.2. The molecule has 10 nitrogen and oxygen atoms in total. The van der Waals surface area contributed by atoms with E-state index in [0.29, 0.717) is 31.9 Å². The van der Waals surface area contributed by atoms with E-state index in [-0.39, 0.29) is 17.1 Å². The van der Waals surface area contributed by atoms with Crippen LogP contribution in [0.1, 0.15) is 5.69 Å². The monoisotopic (exact) mass is 458 g/mol. The summed E-state index contributed by atoms with van der Waals surface area (Å²) in [6.07, 6.45) is 5.24. The van der Waals surface area contributed by atoms with Crippen LogP contribution in [0.3, 0.4) is 0 Å². The number of hydrogen-bond acceptors (Lipinski definition) is 7. The quantitative estimate of drug-likeness (QED) is 0.482. The molecule has 0 bridgehead atoms. The molecule has 0 radical (unpaired) electrons. The average molecular weight is 458 g/mol. The summed E-state index contributed by atoms with van der Waals surface area (Å²) in [4.78, 5) is 45.7. The van der Waals surface area contributed by atoms with Gasteiger partial charge in [-0.05, 0) is 30.8 Å². The van der Waals surface area contributed by atoms with Gasteiger partial charge < -0.3 is 14.9 Å². The number of carbonyl (C=O) groups excluding carboxylic acids is 2. The molecule has 32 heavy (non-hydrogen) atoms. The lowest BCUT2D eigenvalue weighted by molar-refractivity contribution is -0.141. The van der Waals surface area contributed by atoms with Crippen LogP contribution >= 0.6 is 0 Å². The van der Waals surface area contributed by atoms with Gasteiger partial charge in [-0.1, -0.05) is 12.1 Å². The number of hydrogen-bond donors (Lipinski definition) is 1. The molecule has 4 rings (SSSR count). The Morgan fingerprint density at radius 3 is 2.53 bits per heavy atom. The normalized spacial score (nSPS) is 24.6. The minimum Gasteiger partial charge on any atom is -0.477 e. The Kier molecular flexibility index (Phi) is 5.70. The van der Waals surface area contributed by atoms with Crippen molar-refractivity contribution in [3.8, 4) is 0 Å². The van der Waals surface area contributed by atoms with Gasteiger partial charge >= 0.3 is 5.97 Å². The van der Waals surface area contributed by atoms with Crippen molar-refractivity contribution in [3.05, 3.63) is 59.1 Å². The van der Waals surface area contributed by atoms with E-state index in [9.17, 15) is 27.9 Å². The third-order valence-electron chi connectivity index (χ3n) is 5.64. The Balaban J connectivity index is 1.64. The van der Waals surface area contributed by atoms with E-state index in [0.717, 1.165) is 4.90 Å². The number of rotatable bonds is 4. The second-order valence-electron chi connectivity index (χ2n) is 7.83. The van der Waals surface area contributed by atoms with Crippen LogP contribution in [0, 0.1) is 0 Å². The first-order valence-corrected chi connectivity index (χ1v) is 11.7. The Morgan fingerprint density at radius 1 is 1.19 bits per heavy atom. The van der Waals surface area contributed by atoms with Crippen LogP contribution in [0.25, 0.3) is 6.08 Å². The summed E-state index contributed by atoms with van der Waals surface area (Å²) in [6.45, 7) is 2.48. The topological polar surface area (TPSA) is 128 Å². The Bertz CT molecular complexity index is 1160. The smallest absolute Gasteiger partial charge is 0.352 e. The highest BCUT2D eigenvalue weighted by molar-refractivity contribution is 7.92. The molecule has 1 aromatic heterocycles. The lowest BCUT2D eigenvalue weighted by Crippen LogP contribution is -2.62. The number of nitrogens with zero attached hydrogens (tertiary/aromatic N) is 4. The number of pyridine rings is 1. The highest BCUT2D eigenvalue weighted by Gasteiger charge is 2.56. The third kappa shape index (κ3) is 3.96. The molecule has 0 unspecified atom stereocenters. The van der Waals surface area contributed by atoms with Crippen molar-refractivity contribution in [2.45, 2.75) is 5.37 Å². The molecule has 168 valence electrons. The number of sulfone groups is 1. The molecule has 0 spiro atoms. The predicted molar refractivity (Wildman–Crippen MR) is 115 cm³/mol. The molecule has 3 aliphatic heterocycles. The van der Waals surface area contributed by atoms with Crippen molar-refractivity contribution >= 4 is 33.7 Å². The number of piperazine rings is 1. The fourth-order valence-electron chi connectivity index (χ4n) is 3.94. The van der Waals surface area contributed by atoms with Crippen LogP contribution in [0.2, 0.25) is 0 Å². The molecule has 1 aromatic rings. The van der Waals surface area contributed by atoms with Crippen molar-refractivity contribution in [1.82, 2.24) is 19.7 Å². The molecule has 4 heterocycles. The van der Waals surface area contributed by atoms with Gasteiger partial charge in [0.15, 0.2) is 15.2 Å². The number of β-lactam (4-membered cyclic amide) rings is 1. The minimum absolute atomic E-state index is 0.0287.